The monoisotopic (exact) mass is 499 g/mol. The van der Waals surface area contributed by atoms with Gasteiger partial charge in [0.15, 0.2) is 0 Å². The van der Waals surface area contributed by atoms with E-state index in [9.17, 15) is 15.0 Å². The second-order valence-corrected chi connectivity index (χ2v) is 14.3. The number of carbonyl (C=O) groups is 1. The van der Waals surface area contributed by atoms with Crippen LogP contribution >= 0.6 is 0 Å². The van der Waals surface area contributed by atoms with E-state index in [0.29, 0.717) is 29.1 Å². The first kappa shape index (κ1) is 26.7. The second kappa shape index (κ2) is 10.0. The molecular weight excluding hydrogens is 446 g/mol. The second-order valence-electron chi connectivity index (χ2n) is 14.3. The summed E-state index contributed by atoms with van der Waals surface area (Å²) in [7, 11) is 0. The Morgan fingerprint density at radius 2 is 1.83 bits per heavy atom. The topological polar surface area (TPSA) is 60.8 Å². The summed E-state index contributed by atoms with van der Waals surface area (Å²) < 4.78 is 0. The van der Waals surface area contributed by atoms with Crippen molar-refractivity contribution in [1.29, 1.82) is 0 Å². The van der Waals surface area contributed by atoms with Gasteiger partial charge in [-0.1, -0.05) is 45.8 Å². The molecule has 4 aliphatic carbocycles. The maximum Gasteiger partial charge on any atom is 0.222 e. The van der Waals surface area contributed by atoms with Crippen molar-refractivity contribution in [3.63, 3.8) is 0 Å². The number of aliphatic hydroxyl groups excluding tert-OH is 1. The van der Waals surface area contributed by atoms with Crippen LogP contribution in [0.3, 0.4) is 0 Å². The van der Waals surface area contributed by atoms with Crippen molar-refractivity contribution in [3.8, 4) is 0 Å². The molecule has 0 aromatic rings. The van der Waals surface area contributed by atoms with Crippen molar-refractivity contribution < 1.29 is 15.0 Å². The molecule has 2 N–H and O–H groups in total. The lowest BCUT2D eigenvalue weighted by Crippen LogP contribution is -2.50. The van der Waals surface area contributed by atoms with Crippen LogP contribution in [0.4, 0.5) is 0 Å². The summed E-state index contributed by atoms with van der Waals surface area (Å²) >= 11 is 0. The van der Waals surface area contributed by atoms with Crippen LogP contribution in [0.2, 0.25) is 0 Å². The van der Waals surface area contributed by atoms with E-state index in [-0.39, 0.29) is 6.10 Å². The highest BCUT2D eigenvalue weighted by Gasteiger charge is 2.59. The molecular formula is C32H53NO3. The van der Waals surface area contributed by atoms with Gasteiger partial charge in [0.2, 0.25) is 5.91 Å². The lowest BCUT2D eigenvalue weighted by molar-refractivity contribution is -0.136. The van der Waals surface area contributed by atoms with Gasteiger partial charge in [-0.25, -0.2) is 0 Å². The Balaban J connectivity index is 1.18. The van der Waals surface area contributed by atoms with E-state index in [1.165, 1.54) is 38.5 Å². The molecule has 4 nitrogen and oxygen atoms in total. The average Bonchev–Trinajstić information content (AvgIpc) is 3.20. The highest BCUT2D eigenvalue weighted by molar-refractivity contribution is 5.76. The molecule has 8 atom stereocenters. The minimum Gasteiger partial charge on any atom is -0.393 e. The molecule has 0 unspecified atom stereocenters. The largest absolute Gasteiger partial charge is 0.393 e. The van der Waals surface area contributed by atoms with E-state index in [2.05, 4.69) is 33.8 Å². The number of fused-ring (bicyclic) bond motifs is 5. The molecule has 0 radical (unpaired) electrons. The van der Waals surface area contributed by atoms with Crippen LogP contribution in [0.1, 0.15) is 118 Å². The van der Waals surface area contributed by atoms with Crippen molar-refractivity contribution in [2.24, 2.45) is 40.4 Å². The molecule has 1 heterocycles. The molecule has 1 amide bonds. The number of hydrogen-bond donors (Lipinski definition) is 2. The van der Waals surface area contributed by atoms with Crippen molar-refractivity contribution in [2.45, 2.75) is 129 Å². The van der Waals surface area contributed by atoms with Crippen LogP contribution in [-0.4, -0.2) is 45.8 Å². The predicted octanol–water partition coefficient (Wildman–Crippen LogP) is 6.50. The molecule has 36 heavy (non-hydrogen) atoms. The van der Waals surface area contributed by atoms with Crippen LogP contribution in [0.25, 0.3) is 0 Å². The lowest BCUT2D eigenvalue weighted by atomic mass is 9.47. The summed E-state index contributed by atoms with van der Waals surface area (Å²) in [6, 6.07) is 0. The Morgan fingerprint density at radius 1 is 1.08 bits per heavy atom. The number of nitrogens with zero attached hydrogens (tertiary/aromatic N) is 1. The SMILES string of the molecule is CCCC1(O)CCN(C(=O)CC[C@@H](C)[C@H]2CC[C@H]3[C@@H]4CC=C5C[C@@H](O)CC[C@]5(C)[C@H]4CC[C@]23C)CC1. The van der Waals surface area contributed by atoms with Gasteiger partial charge in [0.25, 0.3) is 0 Å². The number of amides is 1. The van der Waals surface area contributed by atoms with Gasteiger partial charge in [-0.05, 0) is 117 Å². The minimum atomic E-state index is -0.547. The third-order valence-electron chi connectivity index (χ3n) is 12.4. The fourth-order valence-electron chi connectivity index (χ4n) is 10.2. The van der Waals surface area contributed by atoms with Crippen LogP contribution in [0.5, 0.6) is 0 Å². The number of carbonyl (C=O) groups excluding carboxylic acids is 1. The molecule has 4 heteroatoms. The highest BCUT2D eigenvalue weighted by Crippen LogP contribution is 2.67. The van der Waals surface area contributed by atoms with Gasteiger partial charge in [0, 0.05) is 19.5 Å². The van der Waals surface area contributed by atoms with E-state index in [1.54, 1.807) is 5.57 Å². The molecule has 5 rings (SSSR count). The van der Waals surface area contributed by atoms with Crippen LogP contribution in [0, 0.1) is 40.4 Å². The highest BCUT2D eigenvalue weighted by atomic mass is 16.3. The first-order valence-corrected chi connectivity index (χ1v) is 15.5. The summed E-state index contributed by atoms with van der Waals surface area (Å²) in [5.74, 6) is 4.06. The Labute approximate surface area is 220 Å². The molecule has 3 saturated carbocycles. The van der Waals surface area contributed by atoms with Crippen molar-refractivity contribution in [1.82, 2.24) is 4.90 Å². The van der Waals surface area contributed by atoms with Gasteiger partial charge in [0.05, 0.1) is 11.7 Å². The molecule has 0 bridgehead atoms. The number of piperidine rings is 1. The molecule has 0 aromatic heterocycles. The fourth-order valence-corrected chi connectivity index (χ4v) is 10.2. The summed E-state index contributed by atoms with van der Waals surface area (Å²) in [4.78, 5) is 15.1. The van der Waals surface area contributed by atoms with E-state index in [1.807, 2.05) is 4.90 Å². The maximum atomic E-state index is 13.0. The molecule has 0 aromatic carbocycles. The average molecular weight is 500 g/mol. The van der Waals surface area contributed by atoms with Crippen molar-refractivity contribution in [2.75, 3.05) is 13.1 Å². The third-order valence-corrected chi connectivity index (χ3v) is 12.4. The van der Waals surface area contributed by atoms with Crippen LogP contribution in [0.15, 0.2) is 11.6 Å². The van der Waals surface area contributed by atoms with Crippen LogP contribution in [-0.2, 0) is 4.79 Å². The molecule has 4 fully saturated rings. The quantitative estimate of drug-likeness (QED) is 0.410. The number of hydrogen-bond acceptors (Lipinski definition) is 3. The Kier molecular flexibility index (Phi) is 7.44. The Hall–Kier alpha value is -0.870. The predicted molar refractivity (Wildman–Crippen MR) is 145 cm³/mol. The van der Waals surface area contributed by atoms with Gasteiger partial charge in [-0.2, -0.15) is 0 Å². The summed E-state index contributed by atoms with van der Waals surface area (Å²) in [6.45, 7) is 11.1. The van der Waals surface area contributed by atoms with E-state index < -0.39 is 5.60 Å². The van der Waals surface area contributed by atoms with Gasteiger partial charge in [-0.3, -0.25) is 4.79 Å². The third kappa shape index (κ3) is 4.61. The summed E-state index contributed by atoms with van der Waals surface area (Å²) in [5, 5.41) is 21.0. The van der Waals surface area contributed by atoms with Gasteiger partial charge >= 0.3 is 0 Å². The Morgan fingerprint density at radius 3 is 2.56 bits per heavy atom. The summed E-state index contributed by atoms with van der Waals surface area (Å²) in [6.07, 6.45) is 17.1. The van der Waals surface area contributed by atoms with E-state index >= 15 is 0 Å². The number of rotatable bonds is 6. The first-order valence-electron chi connectivity index (χ1n) is 15.5. The zero-order valence-electron chi connectivity index (χ0n) is 23.6. The zero-order valence-corrected chi connectivity index (χ0v) is 23.6. The number of allylic oxidation sites excluding steroid dienone is 1. The fraction of sp³-hybridized carbons (Fsp3) is 0.906. The molecule has 1 aliphatic heterocycles. The lowest BCUT2D eigenvalue weighted by Gasteiger charge is -2.58. The smallest absolute Gasteiger partial charge is 0.222 e. The van der Waals surface area contributed by atoms with Gasteiger partial charge < -0.3 is 15.1 Å². The van der Waals surface area contributed by atoms with Gasteiger partial charge in [-0.15, -0.1) is 0 Å². The molecule has 5 aliphatic rings. The maximum absolute atomic E-state index is 13.0. The zero-order chi connectivity index (χ0) is 25.7. The molecule has 204 valence electrons. The number of likely N-dealkylation sites (tertiary alicyclic amines) is 1. The van der Waals surface area contributed by atoms with E-state index in [0.717, 1.165) is 81.7 Å². The first-order chi connectivity index (χ1) is 17.1. The minimum absolute atomic E-state index is 0.124. The van der Waals surface area contributed by atoms with Gasteiger partial charge in [0.1, 0.15) is 0 Å². The normalized spacial score (nSPS) is 42.7. The Bertz CT molecular complexity index is 844. The van der Waals surface area contributed by atoms with Crippen molar-refractivity contribution in [3.05, 3.63) is 11.6 Å². The van der Waals surface area contributed by atoms with Crippen molar-refractivity contribution >= 4 is 5.91 Å². The molecule has 1 saturated heterocycles. The molecule has 0 spiro atoms. The van der Waals surface area contributed by atoms with Crippen LogP contribution < -0.4 is 0 Å². The number of aliphatic hydroxyl groups is 2. The standard InChI is InChI=1S/C32H53NO3/c1-5-14-32(36)17-19-33(20-18-32)29(35)11-6-22(2)26-9-10-27-25-8-7-23-21-24(34)12-15-30(23,3)28(25)13-16-31(26,27)4/h7,22,24-28,34,36H,5-6,8-21H2,1-4H3/t22-,24+,25+,26-,27+,28+,30+,31-/m1/s1. The van der Waals surface area contributed by atoms with E-state index in [4.69, 9.17) is 0 Å². The summed E-state index contributed by atoms with van der Waals surface area (Å²) in [5.41, 5.74) is 1.76.